The molecular weight excluding hydrogens is 292 g/mol. The fourth-order valence-corrected chi connectivity index (χ4v) is 3.44. The van der Waals surface area contributed by atoms with Crippen molar-refractivity contribution in [3.05, 3.63) is 29.4 Å². The highest BCUT2D eigenvalue weighted by Gasteiger charge is 2.26. The summed E-state index contributed by atoms with van der Waals surface area (Å²) in [5, 5.41) is 0. The van der Waals surface area contributed by atoms with Gasteiger partial charge in [-0.05, 0) is 0 Å². The number of sulfonamides is 1. The average molecular weight is 302 g/mol. The number of carbonyl (C=O) groups is 1. The van der Waals surface area contributed by atoms with Crippen LogP contribution in [0.4, 0.5) is 0 Å². The minimum atomic E-state index is -3.83. The van der Waals surface area contributed by atoms with E-state index in [1.807, 2.05) is 0 Å². The normalized spacial score (nSPS) is 11.4. The molecule has 0 saturated carbocycles. The molecule has 8 nitrogen and oxygen atoms in total. The van der Waals surface area contributed by atoms with Crippen molar-refractivity contribution >= 4 is 27.3 Å². The molecule has 2 aromatic heterocycles. The number of hydrogen-bond acceptors (Lipinski definition) is 7. The number of methoxy groups -OCH3 is 1. The Hall–Kier alpha value is -1.78. The predicted molar refractivity (Wildman–Crippen MR) is 66.1 cm³/mol. The standard InChI is InChI=1S/C9H10N4O4S2/c1-17-8(14)7-9(18-5-12-7)19(15,16)13-4-6-10-2-3-11-6/h2-3,5,13H,4H2,1H3,(H,10,11). The molecule has 2 heterocycles. The molecule has 0 aliphatic rings. The van der Waals surface area contributed by atoms with Crippen molar-refractivity contribution in [1.82, 2.24) is 19.7 Å². The molecule has 0 aliphatic heterocycles. The van der Waals surface area contributed by atoms with Crippen molar-refractivity contribution in [1.29, 1.82) is 0 Å². The Kier molecular flexibility index (Phi) is 3.93. The van der Waals surface area contributed by atoms with Crippen molar-refractivity contribution in [2.45, 2.75) is 10.8 Å². The molecule has 2 N–H and O–H groups in total. The molecule has 0 atom stereocenters. The van der Waals surface area contributed by atoms with E-state index in [4.69, 9.17) is 0 Å². The average Bonchev–Trinajstić information content (AvgIpc) is 3.06. The van der Waals surface area contributed by atoms with Gasteiger partial charge < -0.3 is 9.72 Å². The number of rotatable bonds is 5. The minimum Gasteiger partial charge on any atom is -0.464 e. The van der Waals surface area contributed by atoms with E-state index >= 15 is 0 Å². The lowest BCUT2D eigenvalue weighted by molar-refractivity contribution is 0.0590. The molecule has 0 amide bonds. The van der Waals surface area contributed by atoms with Crippen LogP contribution in [0.2, 0.25) is 0 Å². The Labute approximate surface area is 112 Å². The predicted octanol–water partition coefficient (Wildman–Crippen LogP) is 0.131. The Morgan fingerprint density at radius 3 is 2.95 bits per heavy atom. The number of nitrogens with one attached hydrogen (secondary N) is 2. The Balaban J connectivity index is 2.20. The summed E-state index contributed by atoms with van der Waals surface area (Å²) >= 11 is 0.844. The van der Waals surface area contributed by atoms with Gasteiger partial charge in [-0.15, -0.1) is 11.3 Å². The number of nitrogens with zero attached hydrogens (tertiary/aromatic N) is 2. The minimum absolute atomic E-state index is 0.00611. The van der Waals surface area contributed by atoms with Crippen LogP contribution in [-0.2, 0) is 21.3 Å². The summed E-state index contributed by atoms with van der Waals surface area (Å²) in [6.07, 6.45) is 3.09. The molecule has 0 unspecified atom stereocenters. The van der Waals surface area contributed by atoms with Crippen molar-refractivity contribution in [3.63, 3.8) is 0 Å². The maximum absolute atomic E-state index is 12.0. The van der Waals surface area contributed by atoms with Crippen LogP contribution in [0.25, 0.3) is 0 Å². The molecule has 0 bridgehead atoms. The van der Waals surface area contributed by atoms with E-state index in [1.54, 1.807) is 6.20 Å². The molecule has 0 saturated heterocycles. The summed E-state index contributed by atoms with van der Waals surface area (Å²) < 4.78 is 30.7. The number of aromatic nitrogens is 3. The number of imidazole rings is 1. The third-order valence-electron chi connectivity index (χ3n) is 2.14. The maximum atomic E-state index is 12.0. The van der Waals surface area contributed by atoms with Crippen LogP contribution in [0.5, 0.6) is 0 Å². The highest BCUT2D eigenvalue weighted by atomic mass is 32.2. The van der Waals surface area contributed by atoms with Crippen LogP contribution in [0.1, 0.15) is 16.3 Å². The number of ether oxygens (including phenoxy) is 1. The van der Waals surface area contributed by atoms with Gasteiger partial charge in [0.25, 0.3) is 10.0 Å². The van der Waals surface area contributed by atoms with Gasteiger partial charge in [-0.3, -0.25) is 0 Å². The van der Waals surface area contributed by atoms with Crippen LogP contribution in [0.15, 0.2) is 22.1 Å². The van der Waals surface area contributed by atoms with Gasteiger partial charge in [0.1, 0.15) is 5.82 Å². The highest BCUT2D eigenvalue weighted by molar-refractivity contribution is 7.91. The molecule has 0 fully saturated rings. The molecule has 2 rings (SSSR count). The van der Waals surface area contributed by atoms with Crippen molar-refractivity contribution in [2.24, 2.45) is 0 Å². The zero-order valence-electron chi connectivity index (χ0n) is 9.78. The lowest BCUT2D eigenvalue weighted by atomic mass is 10.5. The molecular formula is C9H10N4O4S2. The lowest BCUT2D eigenvalue weighted by Crippen LogP contribution is -2.25. The molecule has 102 valence electrons. The number of thiazole rings is 1. The van der Waals surface area contributed by atoms with E-state index in [0.29, 0.717) is 5.82 Å². The van der Waals surface area contributed by atoms with E-state index in [-0.39, 0.29) is 16.4 Å². The Morgan fingerprint density at radius 2 is 2.32 bits per heavy atom. The largest absolute Gasteiger partial charge is 0.464 e. The van der Waals surface area contributed by atoms with Gasteiger partial charge in [-0.2, -0.15) is 0 Å². The van der Waals surface area contributed by atoms with Crippen LogP contribution in [-0.4, -0.2) is 36.4 Å². The fourth-order valence-electron chi connectivity index (χ4n) is 1.28. The summed E-state index contributed by atoms with van der Waals surface area (Å²) in [6.45, 7) is -0.00611. The van der Waals surface area contributed by atoms with Crippen LogP contribution >= 0.6 is 11.3 Å². The number of H-pyrrole nitrogens is 1. The second kappa shape index (κ2) is 5.47. The zero-order chi connectivity index (χ0) is 13.9. The Bertz CT molecular complexity index is 662. The highest BCUT2D eigenvalue weighted by Crippen LogP contribution is 2.20. The topological polar surface area (TPSA) is 114 Å². The van der Waals surface area contributed by atoms with E-state index in [2.05, 4.69) is 24.4 Å². The van der Waals surface area contributed by atoms with Gasteiger partial charge in [-0.1, -0.05) is 0 Å². The zero-order valence-corrected chi connectivity index (χ0v) is 11.4. The molecule has 0 spiro atoms. The summed E-state index contributed by atoms with van der Waals surface area (Å²) in [6, 6.07) is 0. The van der Waals surface area contributed by atoms with Crippen molar-refractivity contribution < 1.29 is 17.9 Å². The van der Waals surface area contributed by atoms with Gasteiger partial charge >= 0.3 is 5.97 Å². The summed E-state index contributed by atoms with van der Waals surface area (Å²) in [4.78, 5) is 21.7. The quantitative estimate of drug-likeness (QED) is 0.759. The van der Waals surface area contributed by atoms with Gasteiger partial charge in [0, 0.05) is 12.4 Å². The van der Waals surface area contributed by atoms with Gasteiger partial charge in [0.2, 0.25) is 0 Å². The third kappa shape index (κ3) is 2.97. The smallest absolute Gasteiger partial charge is 0.358 e. The van der Waals surface area contributed by atoms with Crippen LogP contribution < -0.4 is 4.72 Å². The number of carbonyl (C=O) groups excluding carboxylic acids is 1. The van der Waals surface area contributed by atoms with Gasteiger partial charge in [0.05, 0.1) is 19.2 Å². The molecule has 10 heteroatoms. The number of esters is 1. The Morgan fingerprint density at radius 1 is 1.53 bits per heavy atom. The first-order valence-corrected chi connectivity index (χ1v) is 7.40. The van der Waals surface area contributed by atoms with E-state index < -0.39 is 16.0 Å². The lowest BCUT2D eigenvalue weighted by Gasteiger charge is -2.04. The second-order valence-electron chi connectivity index (χ2n) is 3.34. The van der Waals surface area contributed by atoms with Crippen LogP contribution in [0, 0.1) is 0 Å². The monoisotopic (exact) mass is 302 g/mol. The summed E-state index contributed by atoms with van der Waals surface area (Å²) in [7, 11) is -2.67. The van der Waals surface area contributed by atoms with Gasteiger partial charge in [0.15, 0.2) is 9.90 Å². The SMILES string of the molecule is COC(=O)c1ncsc1S(=O)(=O)NCc1ncc[nH]1. The van der Waals surface area contributed by atoms with E-state index in [0.717, 1.165) is 18.4 Å². The number of hydrogen-bond donors (Lipinski definition) is 2. The van der Waals surface area contributed by atoms with Gasteiger partial charge in [-0.25, -0.2) is 27.9 Å². The fraction of sp³-hybridized carbons (Fsp3) is 0.222. The van der Waals surface area contributed by atoms with E-state index in [1.165, 1.54) is 11.7 Å². The first kappa shape index (κ1) is 13.6. The van der Waals surface area contributed by atoms with Crippen LogP contribution in [0.3, 0.4) is 0 Å². The molecule has 0 radical (unpaired) electrons. The second-order valence-corrected chi connectivity index (χ2v) is 6.16. The molecule has 0 aromatic carbocycles. The first-order valence-electron chi connectivity index (χ1n) is 5.04. The molecule has 2 aromatic rings. The summed E-state index contributed by atoms with van der Waals surface area (Å²) in [5.41, 5.74) is 1.05. The third-order valence-corrected chi connectivity index (χ3v) is 4.91. The maximum Gasteiger partial charge on any atom is 0.358 e. The molecule has 0 aliphatic carbocycles. The summed E-state index contributed by atoms with van der Waals surface area (Å²) in [5.74, 6) is -0.327. The number of aromatic amines is 1. The van der Waals surface area contributed by atoms with E-state index in [9.17, 15) is 13.2 Å². The van der Waals surface area contributed by atoms with Crippen molar-refractivity contribution in [3.8, 4) is 0 Å². The molecule has 19 heavy (non-hydrogen) atoms. The van der Waals surface area contributed by atoms with Crippen molar-refractivity contribution in [2.75, 3.05) is 7.11 Å². The first-order chi connectivity index (χ1) is 9.04.